The van der Waals surface area contributed by atoms with Gasteiger partial charge in [0, 0.05) is 6.20 Å². The number of H-pyrrole nitrogens is 1. The van der Waals surface area contributed by atoms with Crippen molar-refractivity contribution in [1.29, 1.82) is 0 Å². The minimum Gasteiger partial charge on any atom is -0.364 e. The van der Waals surface area contributed by atoms with Gasteiger partial charge in [-0.15, -0.1) is 0 Å². The van der Waals surface area contributed by atoms with Gasteiger partial charge in [-0.05, 0) is 12.1 Å². The van der Waals surface area contributed by atoms with Crippen molar-refractivity contribution in [2.75, 3.05) is 0 Å². The first-order valence-corrected chi connectivity index (χ1v) is 3.43. The Morgan fingerprint density at radius 3 is 2.83 bits per heavy atom. The summed E-state index contributed by atoms with van der Waals surface area (Å²) >= 11 is 0. The van der Waals surface area contributed by atoms with Gasteiger partial charge in [0.1, 0.15) is 5.69 Å². The molecule has 0 fully saturated rings. The predicted octanol–water partition coefficient (Wildman–Crippen LogP) is 0.633. The van der Waals surface area contributed by atoms with Crippen LogP contribution in [0.2, 0.25) is 0 Å². The van der Waals surface area contributed by atoms with Gasteiger partial charge in [0.2, 0.25) is 0 Å². The molecule has 4 nitrogen and oxygen atoms in total. The average molecular weight is 163 g/mol. The summed E-state index contributed by atoms with van der Waals surface area (Å²) in [6.45, 7) is 0. The quantitative estimate of drug-likeness (QED) is 0.637. The Bertz CT molecular complexity index is 294. The van der Waals surface area contributed by atoms with E-state index >= 15 is 0 Å². The van der Waals surface area contributed by atoms with E-state index in [0.717, 1.165) is 0 Å². The van der Waals surface area contributed by atoms with Gasteiger partial charge in [-0.25, -0.2) is 0 Å². The maximum absolute atomic E-state index is 10.7. The fourth-order valence-corrected chi connectivity index (χ4v) is 0.654. The Balaban J connectivity index is 3.19. The first-order chi connectivity index (χ1) is 5.80. The van der Waals surface area contributed by atoms with Crippen molar-refractivity contribution in [3.05, 3.63) is 42.2 Å². The third kappa shape index (κ3) is 2.42. The summed E-state index contributed by atoms with van der Waals surface area (Å²) in [7, 11) is 0. The smallest absolute Gasteiger partial charge is 0.266 e. The second-order valence-corrected chi connectivity index (χ2v) is 2.10. The molecule has 0 aromatic carbocycles. The number of carbonyl (C=O) groups excluding carboxylic acids is 1. The van der Waals surface area contributed by atoms with Crippen LogP contribution in [0.4, 0.5) is 0 Å². The van der Waals surface area contributed by atoms with Crippen LogP contribution in [0.1, 0.15) is 10.5 Å². The molecule has 0 aliphatic rings. The molecule has 1 amide bonds. The molecule has 0 aliphatic carbocycles. The number of nitrogens with one attached hydrogen (secondary N) is 1. The number of aromatic amines is 1. The summed E-state index contributed by atoms with van der Waals surface area (Å²) in [5, 5.41) is 6.24. The number of nitrogens with two attached hydrogens (primary N) is 1. The largest absolute Gasteiger partial charge is 0.364 e. The first kappa shape index (κ1) is 8.26. The van der Waals surface area contributed by atoms with Gasteiger partial charge < -0.3 is 5.73 Å². The van der Waals surface area contributed by atoms with E-state index in [4.69, 9.17) is 5.73 Å². The SMILES string of the molecule is NC(=O)c1ccccccn[nH]1. The minimum absolute atomic E-state index is 0.270. The second kappa shape index (κ2) is 4.12. The topological polar surface area (TPSA) is 71.8 Å². The number of hydrogen-bond acceptors (Lipinski definition) is 2. The van der Waals surface area contributed by atoms with Crippen LogP contribution < -0.4 is 5.73 Å². The Morgan fingerprint density at radius 2 is 2.08 bits per heavy atom. The number of aromatic nitrogens is 2. The van der Waals surface area contributed by atoms with E-state index < -0.39 is 5.91 Å². The maximum Gasteiger partial charge on any atom is 0.266 e. The minimum atomic E-state index is -0.529. The molecule has 0 unspecified atom stereocenters. The van der Waals surface area contributed by atoms with Gasteiger partial charge in [0.05, 0.1) is 0 Å². The van der Waals surface area contributed by atoms with Crippen LogP contribution >= 0.6 is 0 Å². The third-order valence-electron chi connectivity index (χ3n) is 1.21. The zero-order chi connectivity index (χ0) is 8.81. The summed E-state index contributed by atoms with van der Waals surface area (Å²) in [4.78, 5) is 10.7. The molecule has 4 heteroatoms. The molecule has 0 bridgehead atoms. The molecule has 0 spiro atoms. The van der Waals surface area contributed by atoms with Crippen molar-refractivity contribution >= 4 is 5.91 Å². The highest BCUT2D eigenvalue weighted by molar-refractivity contribution is 5.90. The maximum atomic E-state index is 10.7. The Labute approximate surface area is 69.7 Å². The van der Waals surface area contributed by atoms with Crippen LogP contribution in [-0.2, 0) is 0 Å². The first-order valence-electron chi connectivity index (χ1n) is 3.43. The highest BCUT2D eigenvalue weighted by atomic mass is 16.1. The van der Waals surface area contributed by atoms with E-state index in [2.05, 4.69) is 10.2 Å². The molecule has 62 valence electrons. The molecule has 0 aliphatic heterocycles. The van der Waals surface area contributed by atoms with E-state index in [1.165, 1.54) is 6.20 Å². The molecule has 0 radical (unpaired) electrons. The molecule has 1 aromatic rings. The normalized spacial score (nSPS) is 8.67. The van der Waals surface area contributed by atoms with E-state index in [1.807, 2.05) is 0 Å². The lowest BCUT2D eigenvalue weighted by Crippen LogP contribution is -2.12. The summed E-state index contributed by atoms with van der Waals surface area (Å²) in [5.74, 6) is -0.529. The lowest BCUT2D eigenvalue weighted by atomic mass is 10.4. The lowest BCUT2D eigenvalue weighted by molar-refractivity contribution is 0.0995. The summed E-state index contributed by atoms with van der Waals surface area (Å²) in [6.07, 6.45) is 1.53. The molecular weight excluding hydrogens is 154 g/mol. The van der Waals surface area contributed by atoms with Crippen molar-refractivity contribution < 1.29 is 4.79 Å². The van der Waals surface area contributed by atoms with Crippen molar-refractivity contribution in [2.45, 2.75) is 0 Å². The number of amides is 1. The molecule has 1 rings (SSSR count). The fraction of sp³-hybridized carbons (Fsp3) is 0. The standard InChI is InChI=1S/C8H9N3O/c9-8(12)7-5-3-1-2-4-6-10-11-7/h1-6,11H,(H2,9,12). The highest BCUT2D eigenvalue weighted by Gasteiger charge is 1.93. The number of hydrogen-bond donors (Lipinski definition) is 2. The highest BCUT2D eigenvalue weighted by Crippen LogP contribution is 1.85. The van der Waals surface area contributed by atoms with Gasteiger partial charge in [-0.1, -0.05) is 18.2 Å². The third-order valence-corrected chi connectivity index (χ3v) is 1.21. The summed E-state index contributed by atoms with van der Waals surface area (Å²) in [5.41, 5.74) is 5.31. The summed E-state index contributed by atoms with van der Waals surface area (Å²) in [6, 6.07) is 8.59. The Morgan fingerprint density at radius 1 is 1.33 bits per heavy atom. The van der Waals surface area contributed by atoms with Crippen LogP contribution in [-0.4, -0.2) is 16.1 Å². The molecule has 1 aromatic heterocycles. The predicted molar refractivity (Wildman–Crippen MR) is 44.7 cm³/mol. The molecule has 0 atom stereocenters. The van der Waals surface area contributed by atoms with Crippen LogP contribution in [0.3, 0.4) is 0 Å². The zero-order valence-electron chi connectivity index (χ0n) is 6.40. The van der Waals surface area contributed by atoms with Gasteiger partial charge in [-0.3, -0.25) is 9.89 Å². The van der Waals surface area contributed by atoms with Gasteiger partial charge in [0.15, 0.2) is 0 Å². The average Bonchev–Trinajstić information content (AvgIpc) is 2.15. The Kier molecular flexibility index (Phi) is 2.84. The lowest BCUT2D eigenvalue weighted by Gasteiger charge is -1.86. The van der Waals surface area contributed by atoms with Crippen LogP contribution in [0, 0.1) is 0 Å². The van der Waals surface area contributed by atoms with E-state index in [-0.39, 0.29) is 5.69 Å². The second-order valence-electron chi connectivity index (χ2n) is 2.10. The van der Waals surface area contributed by atoms with E-state index in [0.29, 0.717) is 0 Å². The number of rotatable bonds is 1. The van der Waals surface area contributed by atoms with E-state index in [9.17, 15) is 4.79 Å². The molecule has 12 heavy (non-hydrogen) atoms. The molecule has 3 N–H and O–H groups in total. The number of primary amides is 1. The van der Waals surface area contributed by atoms with Gasteiger partial charge in [0.25, 0.3) is 5.91 Å². The van der Waals surface area contributed by atoms with E-state index in [1.54, 1.807) is 30.3 Å². The summed E-state index contributed by atoms with van der Waals surface area (Å²) < 4.78 is 0. The monoisotopic (exact) mass is 163 g/mol. The molecule has 0 saturated carbocycles. The van der Waals surface area contributed by atoms with Crippen molar-refractivity contribution in [3.63, 3.8) is 0 Å². The Hall–Kier alpha value is -1.84. The zero-order valence-corrected chi connectivity index (χ0v) is 6.40. The van der Waals surface area contributed by atoms with Crippen molar-refractivity contribution in [1.82, 2.24) is 10.2 Å². The van der Waals surface area contributed by atoms with Crippen LogP contribution in [0.5, 0.6) is 0 Å². The van der Waals surface area contributed by atoms with Crippen LogP contribution in [0.25, 0.3) is 0 Å². The number of carbonyl (C=O) groups is 1. The van der Waals surface area contributed by atoms with Crippen LogP contribution in [0.15, 0.2) is 36.5 Å². The van der Waals surface area contributed by atoms with Crippen molar-refractivity contribution in [3.8, 4) is 0 Å². The van der Waals surface area contributed by atoms with Gasteiger partial charge in [-0.2, -0.15) is 5.10 Å². The molecular formula is C8H9N3O. The molecule has 1 heterocycles. The fourth-order valence-electron chi connectivity index (χ4n) is 0.654. The van der Waals surface area contributed by atoms with Crippen molar-refractivity contribution in [2.24, 2.45) is 5.73 Å². The molecule has 0 saturated heterocycles. The van der Waals surface area contributed by atoms with Gasteiger partial charge >= 0.3 is 0 Å². The number of nitrogens with zero attached hydrogens (tertiary/aromatic N) is 1.